The van der Waals surface area contributed by atoms with Crippen molar-refractivity contribution in [2.45, 2.75) is 25.3 Å². The monoisotopic (exact) mass is 326 g/mol. The summed E-state index contributed by atoms with van der Waals surface area (Å²) in [4.78, 5) is 12.1. The number of hydrogen-bond acceptors (Lipinski definition) is 1. The van der Waals surface area contributed by atoms with Gasteiger partial charge in [-0.25, -0.2) is 4.68 Å². The summed E-state index contributed by atoms with van der Waals surface area (Å²) in [6, 6.07) is 7.56. The Bertz CT molecular complexity index is 643. The lowest BCUT2D eigenvalue weighted by Gasteiger charge is -2.02. The van der Waals surface area contributed by atoms with E-state index in [9.17, 15) is 4.79 Å². The van der Waals surface area contributed by atoms with Crippen LogP contribution in [0.3, 0.4) is 0 Å². The van der Waals surface area contributed by atoms with Gasteiger partial charge in [-0.3, -0.25) is 9.89 Å². The molecule has 1 aromatic heterocycles. The largest absolute Gasteiger partial charge is 0.298 e. The molecule has 1 fully saturated rings. The van der Waals surface area contributed by atoms with Gasteiger partial charge in [-0.1, -0.05) is 23.7 Å². The Morgan fingerprint density at radius 3 is 2.89 bits per heavy atom. The zero-order chi connectivity index (χ0) is 12.7. The van der Waals surface area contributed by atoms with Crippen LogP contribution >= 0.6 is 27.5 Å². The first-order chi connectivity index (χ1) is 8.65. The van der Waals surface area contributed by atoms with E-state index >= 15 is 0 Å². The highest BCUT2D eigenvalue weighted by atomic mass is 79.9. The van der Waals surface area contributed by atoms with E-state index in [1.807, 2.05) is 24.3 Å². The van der Waals surface area contributed by atoms with E-state index in [1.54, 1.807) is 4.68 Å². The van der Waals surface area contributed by atoms with Crippen LogP contribution in [0, 0.1) is 0 Å². The van der Waals surface area contributed by atoms with Crippen LogP contribution in [0.4, 0.5) is 0 Å². The maximum atomic E-state index is 12.1. The molecule has 5 heteroatoms. The molecule has 1 saturated carbocycles. The summed E-state index contributed by atoms with van der Waals surface area (Å²) >= 11 is 9.32. The molecule has 18 heavy (non-hydrogen) atoms. The molecule has 0 radical (unpaired) electrons. The highest BCUT2D eigenvalue weighted by Gasteiger charge is 2.29. The van der Waals surface area contributed by atoms with Crippen molar-refractivity contribution in [2.75, 3.05) is 0 Å². The molecule has 1 aliphatic rings. The smallest absolute Gasteiger partial charge is 0.281 e. The maximum Gasteiger partial charge on any atom is 0.281 e. The summed E-state index contributed by atoms with van der Waals surface area (Å²) < 4.78 is 2.30. The second-order valence-corrected chi connectivity index (χ2v) is 5.86. The number of aromatic nitrogens is 2. The Hall–Kier alpha value is -1.00. The Morgan fingerprint density at radius 1 is 1.44 bits per heavy atom. The first-order valence-corrected chi connectivity index (χ1v) is 7.05. The van der Waals surface area contributed by atoms with Crippen LogP contribution in [0.5, 0.6) is 0 Å². The molecule has 3 rings (SSSR count). The molecule has 0 unspecified atom stereocenters. The van der Waals surface area contributed by atoms with Crippen LogP contribution in [0.15, 0.2) is 33.5 Å². The van der Waals surface area contributed by atoms with Gasteiger partial charge in [0, 0.05) is 10.9 Å². The normalized spacial score (nSPS) is 15.0. The second-order valence-electron chi connectivity index (χ2n) is 4.63. The Morgan fingerprint density at radius 2 is 2.22 bits per heavy atom. The fourth-order valence-corrected chi connectivity index (χ4v) is 2.89. The van der Waals surface area contributed by atoms with E-state index in [4.69, 9.17) is 11.6 Å². The van der Waals surface area contributed by atoms with Crippen molar-refractivity contribution >= 4 is 27.5 Å². The molecule has 94 valence electrons. The van der Waals surface area contributed by atoms with Crippen molar-refractivity contribution in [3.05, 3.63) is 55.4 Å². The molecule has 3 nitrogen and oxygen atoms in total. The third-order valence-corrected chi connectivity index (χ3v) is 4.14. The Balaban J connectivity index is 1.93. The molecule has 0 spiro atoms. The summed E-state index contributed by atoms with van der Waals surface area (Å²) in [5, 5.41) is 3.88. The van der Waals surface area contributed by atoms with E-state index in [1.165, 1.54) is 0 Å². The molecule has 0 bridgehead atoms. The van der Waals surface area contributed by atoms with E-state index in [0.29, 0.717) is 22.0 Å². The average molecular weight is 328 g/mol. The van der Waals surface area contributed by atoms with E-state index in [-0.39, 0.29) is 5.56 Å². The summed E-state index contributed by atoms with van der Waals surface area (Å²) in [6.45, 7) is 0.519. The van der Waals surface area contributed by atoms with Crippen LogP contribution in [0.2, 0.25) is 5.02 Å². The van der Waals surface area contributed by atoms with Gasteiger partial charge in [-0.05, 0) is 46.5 Å². The number of halogens is 2. The van der Waals surface area contributed by atoms with Gasteiger partial charge >= 0.3 is 0 Å². The van der Waals surface area contributed by atoms with Gasteiger partial charge < -0.3 is 0 Å². The molecular weight excluding hydrogens is 316 g/mol. The number of nitrogens with zero attached hydrogens (tertiary/aromatic N) is 1. The summed E-state index contributed by atoms with van der Waals surface area (Å²) in [5.41, 5.74) is 2.04. The molecule has 1 aromatic carbocycles. The lowest BCUT2D eigenvalue weighted by atomic mass is 10.2. The number of rotatable bonds is 3. The molecule has 1 aliphatic carbocycles. The van der Waals surface area contributed by atoms with E-state index in [0.717, 1.165) is 24.1 Å². The number of hydrogen-bond donors (Lipinski definition) is 1. The molecule has 0 aliphatic heterocycles. The molecule has 1 N–H and O–H groups in total. The summed E-state index contributed by atoms with van der Waals surface area (Å²) in [5.74, 6) is 0.521. The van der Waals surface area contributed by atoms with Crippen molar-refractivity contribution in [1.82, 2.24) is 9.78 Å². The first kappa shape index (κ1) is 12.1. The number of aromatic amines is 1. The highest BCUT2D eigenvalue weighted by Crippen LogP contribution is 2.41. The lowest BCUT2D eigenvalue weighted by molar-refractivity contribution is 0.651. The van der Waals surface area contributed by atoms with Crippen molar-refractivity contribution in [3.63, 3.8) is 0 Å². The lowest BCUT2D eigenvalue weighted by Crippen LogP contribution is -2.17. The molecule has 0 atom stereocenters. The Kier molecular flexibility index (Phi) is 3.08. The van der Waals surface area contributed by atoms with E-state index in [2.05, 4.69) is 21.0 Å². The minimum atomic E-state index is -0.00289. The molecule has 2 aromatic rings. The predicted molar refractivity (Wildman–Crippen MR) is 75.3 cm³/mol. The SMILES string of the molecule is O=c1c(Br)c(C2CC2)[nH]n1Cc1cccc(Cl)c1. The van der Waals surface area contributed by atoms with Crippen LogP contribution in [-0.4, -0.2) is 9.78 Å². The number of benzene rings is 1. The van der Waals surface area contributed by atoms with E-state index < -0.39 is 0 Å². The molecule has 0 amide bonds. The minimum absolute atomic E-state index is 0.00289. The zero-order valence-electron chi connectivity index (χ0n) is 9.62. The number of H-pyrrole nitrogens is 1. The minimum Gasteiger partial charge on any atom is -0.298 e. The third-order valence-electron chi connectivity index (χ3n) is 3.14. The fraction of sp³-hybridized carbons (Fsp3) is 0.308. The molecule has 1 heterocycles. The summed E-state index contributed by atoms with van der Waals surface area (Å²) in [6.07, 6.45) is 2.32. The topological polar surface area (TPSA) is 37.8 Å². The second kappa shape index (κ2) is 4.59. The highest BCUT2D eigenvalue weighted by molar-refractivity contribution is 9.10. The summed E-state index contributed by atoms with van der Waals surface area (Å²) in [7, 11) is 0. The van der Waals surface area contributed by atoms with Gasteiger partial charge in [0.25, 0.3) is 5.56 Å². The van der Waals surface area contributed by atoms with Gasteiger partial charge in [-0.15, -0.1) is 0 Å². The van der Waals surface area contributed by atoms with Crippen LogP contribution in [0.1, 0.15) is 30.0 Å². The average Bonchev–Trinajstić information content (AvgIpc) is 3.13. The van der Waals surface area contributed by atoms with Crippen molar-refractivity contribution in [3.8, 4) is 0 Å². The fourth-order valence-electron chi connectivity index (χ4n) is 2.05. The number of nitrogens with one attached hydrogen (secondary N) is 1. The standard InChI is InChI=1S/C13H12BrClN2O/c14-11-12(9-4-5-9)16-17(13(11)18)7-8-2-1-3-10(15)6-8/h1-3,6,9,16H,4-5,7H2. The van der Waals surface area contributed by atoms with Crippen LogP contribution in [0.25, 0.3) is 0 Å². The van der Waals surface area contributed by atoms with Gasteiger partial charge in [0.2, 0.25) is 0 Å². The van der Waals surface area contributed by atoms with Gasteiger partial charge in [0.15, 0.2) is 0 Å². The Labute approximate surface area is 118 Å². The molecular formula is C13H12BrClN2O. The quantitative estimate of drug-likeness (QED) is 0.920. The maximum absolute atomic E-state index is 12.1. The van der Waals surface area contributed by atoms with Gasteiger partial charge in [-0.2, -0.15) is 0 Å². The van der Waals surface area contributed by atoms with Crippen LogP contribution in [-0.2, 0) is 6.54 Å². The van der Waals surface area contributed by atoms with Crippen LogP contribution < -0.4 is 5.56 Å². The third kappa shape index (κ3) is 2.27. The van der Waals surface area contributed by atoms with Gasteiger partial charge in [0.1, 0.15) is 4.47 Å². The predicted octanol–water partition coefficient (Wildman–Crippen LogP) is 3.52. The zero-order valence-corrected chi connectivity index (χ0v) is 12.0. The first-order valence-electron chi connectivity index (χ1n) is 5.88. The van der Waals surface area contributed by atoms with Crippen molar-refractivity contribution in [2.24, 2.45) is 0 Å². The van der Waals surface area contributed by atoms with Crippen molar-refractivity contribution < 1.29 is 0 Å². The van der Waals surface area contributed by atoms with Gasteiger partial charge in [0.05, 0.1) is 12.2 Å². The molecule has 0 saturated heterocycles. The van der Waals surface area contributed by atoms with Crippen molar-refractivity contribution in [1.29, 1.82) is 0 Å².